The monoisotopic (exact) mass is 247 g/mol. The van der Waals surface area contributed by atoms with Crippen LogP contribution in [-0.4, -0.2) is 41.1 Å². The molecule has 0 spiro atoms. The summed E-state index contributed by atoms with van der Waals surface area (Å²) in [5, 5.41) is 12.5. The Kier molecular flexibility index (Phi) is 2.72. The van der Waals surface area contributed by atoms with E-state index in [1.807, 2.05) is 12.1 Å². The van der Waals surface area contributed by atoms with Crippen molar-refractivity contribution in [1.82, 2.24) is 4.90 Å². The van der Waals surface area contributed by atoms with Crippen LogP contribution >= 0.6 is 0 Å². The average Bonchev–Trinajstić information content (AvgIpc) is 2.74. The number of anilines is 2. The second-order valence-electron chi connectivity index (χ2n) is 5.06. The van der Waals surface area contributed by atoms with E-state index in [9.17, 15) is 9.90 Å². The molecule has 96 valence electrons. The van der Waals surface area contributed by atoms with Gasteiger partial charge in [0.05, 0.1) is 12.1 Å². The predicted molar refractivity (Wildman–Crippen MR) is 69.2 cm³/mol. The molecule has 3 rings (SSSR count). The molecule has 0 radical (unpaired) electrons. The van der Waals surface area contributed by atoms with Crippen molar-refractivity contribution < 1.29 is 9.90 Å². The van der Waals surface area contributed by atoms with E-state index in [-0.39, 0.29) is 18.1 Å². The number of carbonyl (C=O) groups excluding carboxylic acids is 1. The van der Waals surface area contributed by atoms with E-state index in [4.69, 9.17) is 5.73 Å². The molecule has 0 aliphatic carbocycles. The summed E-state index contributed by atoms with van der Waals surface area (Å²) in [6, 6.07) is 5.44. The van der Waals surface area contributed by atoms with Crippen LogP contribution < -0.4 is 11.1 Å². The van der Waals surface area contributed by atoms with Gasteiger partial charge >= 0.3 is 0 Å². The van der Waals surface area contributed by atoms with Crippen LogP contribution in [0.15, 0.2) is 18.2 Å². The Morgan fingerprint density at radius 2 is 2.28 bits per heavy atom. The Bertz CT molecular complexity index is 489. The van der Waals surface area contributed by atoms with Crippen molar-refractivity contribution in [3.63, 3.8) is 0 Å². The van der Waals surface area contributed by atoms with Gasteiger partial charge in [0.1, 0.15) is 0 Å². The van der Waals surface area contributed by atoms with Gasteiger partial charge in [0.25, 0.3) is 0 Å². The molecule has 0 bridgehead atoms. The Morgan fingerprint density at radius 1 is 1.44 bits per heavy atom. The number of nitrogens with zero attached hydrogens (tertiary/aromatic N) is 1. The third-order valence-corrected chi connectivity index (χ3v) is 3.74. The second-order valence-corrected chi connectivity index (χ2v) is 5.06. The molecule has 0 aromatic heterocycles. The maximum Gasteiger partial charge on any atom is 0.242 e. The first-order valence-electron chi connectivity index (χ1n) is 6.25. The molecule has 4 N–H and O–H groups in total. The van der Waals surface area contributed by atoms with E-state index >= 15 is 0 Å². The Hall–Kier alpha value is -1.59. The molecule has 1 aromatic carbocycles. The van der Waals surface area contributed by atoms with E-state index in [0.717, 1.165) is 24.2 Å². The van der Waals surface area contributed by atoms with Gasteiger partial charge in [0.15, 0.2) is 0 Å². The number of benzene rings is 1. The van der Waals surface area contributed by atoms with Crippen LogP contribution in [0.3, 0.4) is 0 Å². The maximum absolute atomic E-state index is 12.1. The molecule has 2 heterocycles. The first kappa shape index (κ1) is 11.5. The van der Waals surface area contributed by atoms with Crippen molar-refractivity contribution in [3.05, 3.63) is 23.8 Å². The van der Waals surface area contributed by atoms with Gasteiger partial charge < -0.3 is 16.2 Å². The summed E-state index contributed by atoms with van der Waals surface area (Å²) in [4.78, 5) is 14.1. The van der Waals surface area contributed by atoms with Crippen LogP contribution in [0.4, 0.5) is 11.4 Å². The van der Waals surface area contributed by atoms with Gasteiger partial charge in [-0.1, -0.05) is 6.07 Å². The minimum absolute atomic E-state index is 0.00204. The highest BCUT2D eigenvalue weighted by Crippen LogP contribution is 2.28. The third-order valence-electron chi connectivity index (χ3n) is 3.74. The number of carbonyl (C=O) groups is 1. The summed E-state index contributed by atoms with van der Waals surface area (Å²) >= 11 is 0. The number of nitrogens with two attached hydrogens (primary N) is 1. The lowest BCUT2D eigenvalue weighted by Gasteiger charge is -2.31. The number of β-amino-alcohol motifs (C(OH)–C–C–N with tert-alkyl or cyclic N) is 1. The van der Waals surface area contributed by atoms with Crippen LogP contribution in [0.5, 0.6) is 0 Å². The van der Waals surface area contributed by atoms with Crippen LogP contribution in [0.2, 0.25) is 0 Å². The van der Waals surface area contributed by atoms with Gasteiger partial charge in [0.2, 0.25) is 5.91 Å². The molecule has 1 aromatic rings. The van der Waals surface area contributed by atoms with Crippen molar-refractivity contribution in [2.24, 2.45) is 0 Å². The minimum atomic E-state index is -0.300. The number of hydrogen-bond acceptors (Lipinski definition) is 4. The molecule has 0 saturated carbocycles. The fraction of sp³-hybridized carbons (Fsp3) is 0.462. The fourth-order valence-corrected chi connectivity index (χ4v) is 2.75. The number of aliphatic hydroxyl groups excluding tert-OH is 1. The zero-order valence-electron chi connectivity index (χ0n) is 10.1. The van der Waals surface area contributed by atoms with Gasteiger partial charge in [-0.2, -0.15) is 0 Å². The summed E-state index contributed by atoms with van der Waals surface area (Å²) in [5.41, 5.74) is 8.29. The summed E-state index contributed by atoms with van der Waals surface area (Å²) in [6.45, 7) is 1.37. The zero-order chi connectivity index (χ0) is 12.7. The van der Waals surface area contributed by atoms with E-state index in [0.29, 0.717) is 18.7 Å². The Labute approximate surface area is 106 Å². The van der Waals surface area contributed by atoms with Gasteiger partial charge in [-0.05, 0) is 30.5 Å². The predicted octanol–water partition coefficient (Wildman–Crippen LogP) is 0.199. The summed E-state index contributed by atoms with van der Waals surface area (Å²) < 4.78 is 0. The van der Waals surface area contributed by atoms with Crippen LogP contribution in [0, 0.1) is 0 Å². The molecule has 5 nitrogen and oxygen atoms in total. The number of fused-ring (bicyclic) bond motifs is 1. The van der Waals surface area contributed by atoms with Crippen LogP contribution in [0.25, 0.3) is 0 Å². The molecule has 1 fully saturated rings. The van der Waals surface area contributed by atoms with Gasteiger partial charge in [-0.25, -0.2) is 0 Å². The number of aliphatic hydroxyl groups is 1. The highest BCUT2D eigenvalue weighted by molar-refractivity contribution is 5.98. The van der Waals surface area contributed by atoms with E-state index < -0.39 is 0 Å². The lowest BCUT2D eigenvalue weighted by atomic mass is 9.97. The first-order valence-corrected chi connectivity index (χ1v) is 6.25. The molecule has 2 atom stereocenters. The largest absolute Gasteiger partial charge is 0.399 e. The Balaban J connectivity index is 1.83. The number of amides is 1. The quantitative estimate of drug-likeness (QED) is 0.619. The number of nitrogen functional groups attached to an aromatic ring is 1. The van der Waals surface area contributed by atoms with E-state index in [1.165, 1.54) is 0 Å². The molecule has 1 saturated heterocycles. The van der Waals surface area contributed by atoms with Crippen LogP contribution in [0.1, 0.15) is 12.0 Å². The molecular weight excluding hydrogens is 230 g/mol. The van der Waals surface area contributed by atoms with Crippen LogP contribution in [-0.2, 0) is 11.2 Å². The van der Waals surface area contributed by atoms with E-state index in [2.05, 4.69) is 10.2 Å². The van der Waals surface area contributed by atoms with Crippen molar-refractivity contribution in [2.45, 2.75) is 25.0 Å². The molecule has 2 aliphatic rings. The normalized spacial score (nSPS) is 27.9. The zero-order valence-corrected chi connectivity index (χ0v) is 10.1. The molecule has 18 heavy (non-hydrogen) atoms. The highest BCUT2D eigenvalue weighted by Gasteiger charge is 2.34. The Morgan fingerprint density at radius 3 is 3.00 bits per heavy atom. The highest BCUT2D eigenvalue weighted by atomic mass is 16.3. The van der Waals surface area contributed by atoms with Crippen molar-refractivity contribution in [2.75, 3.05) is 24.1 Å². The van der Waals surface area contributed by atoms with Crippen molar-refractivity contribution in [1.29, 1.82) is 0 Å². The topological polar surface area (TPSA) is 78.6 Å². The molecule has 1 amide bonds. The lowest BCUT2D eigenvalue weighted by Crippen LogP contribution is -2.47. The maximum atomic E-state index is 12.1. The fourth-order valence-electron chi connectivity index (χ4n) is 2.75. The standard InChI is InChI=1S/C13H17N3O2/c14-9-2-1-8-5-12(13(18)15-11(8)6-9)16-4-3-10(17)7-16/h1-2,6,10,12,17H,3-5,7,14H2,(H,15,18)/t10-,12?/m0/s1. The first-order chi connectivity index (χ1) is 8.63. The second kappa shape index (κ2) is 4.26. The number of likely N-dealkylation sites (tertiary alicyclic amines) is 1. The van der Waals surface area contributed by atoms with Gasteiger partial charge in [-0.3, -0.25) is 9.69 Å². The summed E-state index contributed by atoms with van der Waals surface area (Å²) in [6.07, 6.45) is 1.14. The SMILES string of the molecule is Nc1ccc2c(c1)NC(=O)C(N1CC[C@H](O)C1)C2. The lowest BCUT2D eigenvalue weighted by molar-refractivity contribution is -0.121. The summed E-state index contributed by atoms with van der Waals surface area (Å²) in [7, 11) is 0. The molecule has 1 unspecified atom stereocenters. The van der Waals surface area contributed by atoms with Gasteiger partial charge in [-0.15, -0.1) is 0 Å². The molecule has 2 aliphatic heterocycles. The number of rotatable bonds is 1. The van der Waals surface area contributed by atoms with E-state index in [1.54, 1.807) is 6.07 Å². The average molecular weight is 247 g/mol. The molecular formula is C13H17N3O2. The number of hydrogen-bond donors (Lipinski definition) is 3. The van der Waals surface area contributed by atoms with Crippen molar-refractivity contribution >= 4 is 17.3 Å². The smallest absolute Gasteiger partial charge is 0.242 e. The number of nitrogens with one attached hydrogen (secondary N) is 1. The van der Waals surface area contributed by atoms with Gasteiger partial charge in [0, 0.05) is 24.5 Å². The molecule has 5 heteroatoms. The minimum Gasteiger partial charge on any atom is -0.399 e. The third kappa shape index (κ3) is 1.95. The van der Waals surface area contributed by atoms with Crippen molar-refractivity contribution in [3.8, 4) is 0 Å². The summed E-state index contributed by atoms with van der Waals surface area (Å²) in [5.74, 6) is 0.00204.